The van der Waals surface area contributed by atoms with Crippen LogP contribution in [0.5, 0.6) is 0 Å². The molecule has 1 aliphatic heterocycles. The summed E-state index contributed by atoms with van der Waals surface area (Å²) in [7, 11) is 1.38. The number of nitrogens with one attached hydrogen (secondary N) is 1. The lowest BCUT2D eigenvalue weighted by atomic mass is 10.1. The van der Waals surface area contributed by atoms with E-state index in [1.807, 2.05) is 0 Å². The minimum absolute atomic E-state index is 0.315. The number of methoxy groups -OCH3 is 1. The summed E-state index contributed by atoms with van der Waals surface area (Å²) < 4.78 is 10.4. The third-order valence-electron chi connectivity index (χ3n) is 3.42. The van der Waals surface area contributed by atoms with Gasteiger partial charge in [0.1, 0.15) is 4.88 Å². The van der Waals surface area contributed by atoms with E-state index in [1.54, 1.807) is 6.20 Å². The summed E-state index contributed by atoms with van der Waals surface area (Å²) in [5.74, 6) is 0.381. The van der Waals surface area contributed by atoms with Crippen LogP contribution in [0.1, 0.15) is 28.9 Å². The zero-order valence-corrected chi connectivity index (χ0v) is 11.0. The van der Waals surface area contributed by atoms with Crippen LogP contribution < -0.4 is 5.32 Å². The molecule has 1 N–H and O–H groups in total. The Morgan fingerprint density at radius 2 is 2.39 bits per heavy atom. The number of ether oxygens (including phenoxy) is 2. The van der Waals surface area contributed by atoms with E-state index < -0.39 is 0 Å². The number of carbonyl (C=O) groups excluding carboxylic acids is 1. The van der Waals surface area contributed by atoms with E-state index >= 15 is 0 Å². The maximum Gasteiger partial charge on any atom is 0.349 e. The van der Waals surface area contributed by atoms with E-state index in [-0.39, 0.29) is 5.97 Å². The van der Waals surface area contributed by atoms with Crippen LogP contribution in [-0.4, -0.2) is 36.8 Å². The van der Waals surface area contributed by atoms with Crippen LogP contribution in [0.15, 0.2) is 6.20 Å². The van der Waals surface area contributed by atoms with Crippen molar-refractivity contribution in [2.75, 3.05) is 19.0 Å². The molecule has 1 aliphatic carbocycles. The van der Waals surface area contributed by atoms with Crippen LogP contribution >= 0.6 is 11.3 Å². The molecular weight excluding hydrogens is 252 g/mol. The third-order valence-corrected chi connectivity index (χ3v) is 4.33. The van der Waals surface area contributed by atoms with Crippen molar-refractivity contribution in [2.24, 2.45) is 5.92 Å². The lowest BCUT2D eigenvalue weighted by Gasteiger charge is -2.18. The molecule has 3 rings (SSSR count). The molecule has 1 aromatic heterocycles. The van der Waals surface area contributed by atoms with Gasteiger partial charge in [0.2, 0.25) is 0 Å². The highest BCUT2D eigenvalue weighted by Crippen LogP contribution is 2.39. The highest BCUT2D eigenvalue weighted by atomic mass is 32.1. The van der Waals surface area contributed by atoms with Gasteiger partial charge in [-0.25, -0.2) is 9.78 Å². The van der Waals surface area contributed by atoms with Gasteiger partial charge in [-0.3, -0.25) is 0 Å². The number of nitrogens with zero attached hydrogens (tertiary/aromatic N) is 1. The molecule has 2 heterocycles. The minimum Gasteiger partial charge on any atom is -0.465 e. The van der Waals surface area contributed by atoms with E-state index in [9.17, 15) is 4.79 Å². The molecule has 2 aliphatic rings. The third kappa shape index (κ3) is 2.35. The molecule has 18 heavy (non-hydrogen) atoms. The van der Waals surface area contributed by atoms with Crippen LogP contribution in [-0.2, 0) is 9.47 Å². The van der Waals surface area contributed by atoms with Crippen LogP contribution in [0.2, 0.25) is 0 Å². The first-order valence-electron chi connectivity index (χ1n) is 6.20. The number of hydrogen-bond donors (Lipinski definition) is 1. The Morgan fingerprint density at radius 3 is 3.11 bits per heavy atom. The van der Waals surface area contributed by atoms with Crippen molar-refractivity contribution in [3.63, 3.8) is 0 Å². The van der Waals surface area contributed by atoms with Gasteiger partial charge in [-0.2, -0.15) is 0 Å². The fraction of sp³-hybridized carbons (Fsp3) is 0.667. The predicted octanol–water partition coefficient (Wildman–Crippen LogP) is 1.91. The zero-order valence-electron chi connectivity index (χ0n) is 10.2. The van der Waals surface area contributed by atoms with E-state index in [1.165, 1.54) is 31.3 Å². The van der Waals surface area contributed by atoms with E-state index in [2.05, 4.69) is 15.0 Å². The van der Waals surface area contributed by atoms with Crippen molar-refractivity contribution in [1.29, 1.82) is 0 Å². The number of thiazole rings is 1. The standard InChI is InChI=1S/C12H16N2O3S/c1-16-11(15)9-6-13-12(18-9)14-8-4-5-17-10(8)7-2-3-7/h6-8,10H,2-5H2,1H3,(H,13,14). The molecule has 2 atom stereocenters. The first kappa shape index (κ1) is 11.9. The number of hydrogen-bond acceptors (Lipinski definition) is 6. The normalized spacial score (nSPS) is 27.2. The van der Waals surface area contributed by atoms with Crippen LogP contribution in [0.4, 0.5) is 5.13 Å². The highest BCUT2D eigenvalue weighted by molar-refractivity contribution is 7.17. The molecule has 0 bridgehead atoms. The number of anilines is 1. The Kier molecular flexibility index (Phi) is 3.22. The van der Waals surface area contributed by atoms with Gasteiger partial charge in [0, 0.05) is 6.61 Å². The molecule has 5 nitrogen and oxygen atoms in total. The Balaban J connectivity index is 1.64. The van der Waals surface area contributed by atoms with E-state index in [0.717, 1.165) is 18.2 Å². The number of aromatic nitrogens is 1. The molecule has 1 saturated carbocycles. The summed E-state index contributed by atoms with van der Waals surface area (Å²) in [6.45, 7) is 0.814. The first-order valence-corrected chi connectivity index (χ1v) is 7.02. The topological polar surface area (TPSA) is 60.5 Å². The summed E-state index contributed by atoms with van der Waals surface area (Å²) >= 11 is 1.33. The quantitative estimate of drug-likeness (QED) is 0.845. The zero-order chi connectivity index (χ0) is 12.5. The second kappa shape index (κ2) is 4.85. The van der Waals surface area contributed by atoms with E-state index in [0.29, 0.717) is 22.9 Å². The molecule has 98 valence electrons. The fourth-order valence-electron chi connectivity index (χ4n) is 2.35. The molecule has 2 fully saturated rings. The van der Waals surface area contributed by atoms with Crippen molar-refractivity contribution in [2.45, 2.75) is 31.4 Å². The average molecular weight is 268 g/mol. The molecule has 0 spiro atoms. The van der Waals surface area contributed by atoms with Gasteiger partial charge < -0.3 is 14.8 Å². The lowest BCUT2D eigenvalue weighted by molar-refractivity contribution is 0.0606. The largest absolute Gasteiger partial charge is 0.465 e. The van der Waals surface area contributed by atoms with Gasteiger partial charge in [0.25, 0.3) is 0 Å². The van der Waals surface area contributed by atoms with Gasteiger partial charge in [-0.05, 0) is 25.2 Å². The smallest absolute Gasteiger partial charge is 0.349 e. The molecule has 0 radical (unpaired) electrons. The monoisotopic (exact) mass is 268 g/mol. The Labute approximate surface area is 110 Å². The van der Waals surface area contributed by atoms with Gasteiger partial charge in [0.05, 0.1) is 25.5 Å². The second-order valence-electron chi connectivity index (χ2n) is 4.73. The molecule has 1 saturated heterocycles. The van der Waals surface area contributed by atoms with Crippen molar-refractivity contribution in [3.8, 4) is 0 Å². The second-order valence-corrected chi connectivity index (χ2v) is 5.76. The summed E-state index contributed by atoms with van der Waals surface area (Å²) in [5, 5.41) is 4.16. The fourth-order valence-corrected chi connectivity index (χ4v) is 3.15. The van der Waals surface area contributed by atoms with Crippen LogP contribution in [0, 0.1) is 5.92 Å². The van der Waals surface area contributed by atoms with Crippen LogP contribution in [0.3, 0.4) is 0 Å². The van der Waals surface area contributed by atoms with Crippen molar-refractivity contribution in [1.82, 2.24) is 4.98 Å². The number of carbonyl (C=O) groups is 1. The Morgan fingerprint density at radius 1 is 1.56 bits per heavy atom. The lowest BCUT2D eigenvalue weighted by Crippen LogP contribution is -2.30. The number of rotatable bonds is 4. The maximum absolute atomic E-state index is 11.3. The van der Waals surface area contributed by atoms with E-state index in [4.69, 9.17) is 4.74 Å². The molecule has 2 unspecified atom stereocenters. The van der Waals surface area contributed by atoms with Crippen LogP contribution in [0.25, 0.3) is 0 Å². The molecule has 6 heteroatoms. The summed E-state index contributed by atoms with van der Waals surface area (Å²) in [6.07, 6.45) is 5.42. The molecule has 0 aromatic carbocycles. The molecule has 1 aromatic rings. The van der Waals surface area contributed by atoms with Crippen molar-refractivity contribution in [3.05, 3.63) is 11.1 Å². The Bertz CT molecular complexity index is 444. The minimum atomic E-state index is -0.332. The average Bonchev–Trinajstić information content (AvgIpc) is 2.95. The Hall–Kier alpha value is -1.14. The first-order chi connectivity index (χ1) is 8.78. The summed E-state index contributed by atoms with van der Waals surface area (Å²) in [5.41, 5.74) is 0. The predicted molar refractivity (Wildman–Crippen MR) is 67.9 cm³/mol. The van der Waals surface area contributed by atoms with Crippen molar-refractivity contribution >= 4 is 22.4 Å². The van der Waals surface area contributed by atoms with Gasteiger partial charge >= 0.3 is 5.97 Å². The SMILES string of the molecule is COC(=O)c1cnc(NC2CCOC2C2CC2)s1. The molecule has 0 amide bonds. The van der Waals surface area contributed by atoms with Gasteiger partial charge in [0.15, 0.2) is 5.13 Å². The van der Waals surface area contributed by atoms with Gasteiger partial charge in [-0.15, -0.1) is 0 Å². The van der Waals surface area contributed by atoms with Crippen molar-refractivity contribution < 1.29 is 14.3 Å². The summed E-state index contributed by atoms with van der Waals surface area (Å²) in [6, 6.07) is 0.328. The summed E-state index contributed by atoms with van der Waals surface area (Å²) in [4.78, 5) is 16.1. The maximum atomic E-state index is 11.3. The van der Waals surface area contributed by atoms with Gasteiger partial charge in [-0.1, -0.05) is 11.3 Å². The number of esters is 1. The molecular formula is C12H16N2O3S. The highest BCUT2D eigenvalue weighted by Gasteiger charge is 2.40.